The number of piperidine rings is 1. The van der Waals surface area contributed by atoms with Crippen molar-refractivity contribution in [3.63, 3.8) is 0 Å². The van der Waals surface area contributed by atoms with Gasteiger partial charge < -0.3 is 15.0 Å². The topological polar surface area (TPSA) is 65.4 Å². The predicted octanol–water partition coefficient (Wildman–Crippen LogP) is 2.65. The largest absolute Gasteiger partial charge is 0.384 e. The van der Waals surface area contributed by atoms with Gasteiger partial charge in [-0.25, -0.2) is 0 Å². The molecule has 1 amide bonds. The summed E-state index contributed by atoms with van der Waals surface area (Å²) in [6.45, 7) is 1.89. The van der Waals surface area contributed by atoms with Crippen molar-refractivity contribution < 1.29 is 9.53 Å². The first-order valence-corrected chi connectivity index (χ1v) is 7.75. The summed E-state index contributed by atoms with van der Waals surface area (Å²) < 4.78 is 4.94. The number of nitriles is 1. The van der Waals surface area contributed by atoms with Gasteiger partial charge in [-0.1, -0.05) is 17.7 Å². The van der Waals surface area contributed by atoms with Crippen molar-refractivity contribution in [2.75, 3.05) is 32.1 Å². The van der Waals surface area contributed by atoms with Crippen molar-refractivity contribution in [1.82, 2.24) is 4.90 Å². The Morgan fingerprint density at radius 1 is 1.50 bits per heavy atom. The molecule has 0 spiro atoms. The third-order valence-corrected chi connectivity index (χ3v) is 4.17. The number of anilines is 1. The summed E-state index contributed by atoms with van der Waals surface area (Å²) in [6.07, 6.45) is 2.11. The maximum absolute atomic E-state index is 11.9. The van der Waals surface area contributed by atoms with E-state index in [2.05, 4.69) is 11.4 Å². The molecule has 1 N–H and O–H groups in total. The number of hydrogen-bond acceptors (Lipinski definition) is 4. The lowest BCUT2D eigenvalue weighted by atomic mass is 10.0. The maximum atomic E-state index is 11.9. The van der Waals surface area contributed by atoms with Crippen LogP contribution in [-0.4, -0.2) is 43.7 Å². The number of para-hydroxylation sites is 1. The van der Waals surface area contributed by atoms with E-state index in [9.17, 15) is 4.79 Å². The summed E-state index contributed by atoms with van der Waals surface area (Å²) in [5, 5.41) is 13.1. The molecular formula is C16H20ClN3O2. The van der Waals surface area contributed by atoms with Gasteiger partial charge in [0.1, 0.15) is 6.07 Å². The number of nitrogens with zero attached hydrogens (tertiary/aromatic N) is 2. The molecule has 1 fully saturated rings. The second kappa shape index (κ2) is 8.02. The highest BCUT2D eigenvalue weighted by Crippen LogP contribution is 2.28. The number of amides is 1. The molecule has 2 rings (SSSR count). The minimum Gasteiger partial charge on any atom is -0.384 e. The number of likely N-dealkylation sites (tertiary alicyclic amines) is 1. The van der Waals surface area contributed by atoms with Gasteiger partial charge in [-0.2, -0.15) is 5.26 Å². The van der Waals surface area contributed by atoms with E-state index in [1.54, 1.807) is 25.3 Å². The molecule has 1 heterocycles. The van der Waals surface area contributed by atoms with Crippen LogP contribution in [0.5, 0.6) is 0 Å². The van der Waals surface area contributed by atoms with Gasteiger partial charge in [0.05, 0.1) is 29.3 Å². The Morgan fingerprint density at radius 3 is 2.86 bits per heavy atom. The van der Waals surface area contributed by atoms with Gasteiger partial charge in [0.25, 0.3) is 0 Å². The van der Waals surface area contributed by atoms with Crippen LogP contribution in [-0.2, 0) is 9.53 Å². The quantitative estimate of drug-likeness (QED) is 0.905. The van der Waals surface area contributed by atoms with Gasteiger partial charge in [-0.15, -0.1) is 0 Å². The van der Waals surface area contributed by atoms with Crippen LogP contribution in [0.3, 0.4) is 0 Å². The SMILES string of the molecule is COCCC(=O)N1CCC(Nc2c(Cl)cccc2C#N)CC1. The van der Waals surface area contributed by atoms with E-state index in [1.807, 2.05) is 4.90 Å². The number of ether oxygens (including phenoxy) is 1. The highest BCUT2D eigenvalue weighted by atomic mass is 35.5. The Morgan fingerprint density at radius 2 is 2.23 bits per heavy atom. The number of methoxy groups -OCH3 is 1. The van der Waals surface area contributed by atoms with Crippen LogP contribution >= 0.6 is 11.6 Å². The summed E-state index contributed by atoms with van der Waals surface area (Å²) in [5.41, 5.74) is 1.24. The number of nitrogens with one attached hydrogen (secondary N) is 1. The van der Waals surface area contributed by atoms with Crippen molar-refractivity contribution in [1.29, 1.82) is 5.26 Å². The molecule has 1 aliphatic heterocycles. The molecule has 6 heteroatoms. The molecule has 1 saturated heterocycles. The molecule has 0 bridgehead atoms. The van der Waals surface area contributed by atoms with Crippen LogP contribution in [0.1, 0.15) is 24.8 Å². The Hall–Kier alpha value is -1.77. The Balaban J connectivity index is 1.91. The second-order valence-electron chi connectivity index (χ2n) is 5.32. The van der Waals surface area contributed by atoms with Crippen molar-refractivity contribution in [3.8, 4) is 6.07 Å². The van der Waals surface area contributed by atoms with Crippen LogP contribution in [0, 0.1) is 11.3 Å². The number of carbonyl (C=O) groups excluding carboxylic acids is 1. The molecule has 0 aliphatic carbocycles. The van der Waals surface area contributed by atoms with E-state index in [4.69, 9.17) is 21.6 Å². The first kappa shape index (κ1) is 16.6. The van der Waals surface area contributed by atoms with Gasteiger partial charge in [-0.3, -0.25) is 4.79 Å². The molecule has 5 nitrogen and oxygen atoms in total. The molecule has 1 aliphatic rings. The van der Waals surface area contributed by atoms with Gasteiger partial charge in [0.2, 0.25) is 5.91 Å². The average Bonchev–Trinajstić information content (AvgIpc) is 2.55. The second-order valence-corrected chi connectivity index (χ2v) is 5.72. The number of carbonyl (C=O) groups is 1. The average molecular weight is 322 g/mol. The summed E-state index contributed by atoms with van der Waals surface area (Å²) >= 11 is 6.17. The van der Waals surface area contributed by atoms with Gasteiger partial charge in [0, 0.05) is 26.2 Å². The number of benzene rings is 1. The van der Waals surface area contributed by atoms with E-state index < -0.39 is 0 Å². The monoisotopic (exact) mass is 321 g/mol. The first-order valence-electron chi connectivity index (χ1n) is 7.37. The van der Waals surface area contributed by atoms with Crippen molar-refractivity contribution in [2.24, 2.45) is 0 Å². The molecule has 22 heavy (non-hydrogen) atoms. The molecular weight excluding hydrogens is 302 g/mol. The van der Waals surface area contributed by atoms with Crippen LogP contribution in [0.2, 0.25) is 5.02 Å². The van der Waals surface area contributed by atoms with Crippen LogP contribution in [0.25, 0.3) is 0 Å². The molecule has 0 aromatic heterocycles. The smallest absolute Gasteiger partial charge is 0.224 e. The highest BCUT2D eigenvalue weighted by Gasteiger charge is 2.23. The summed E-state index contributed by atoms with van der Waals surface area (Å²) in [4.78, 5) is 13.8. The third-order valence-electron chi connectivity index (χ3n) is 3.85. The molecule has 0 radical (unpaired) electrons. The highest BCUT2D eigenvalue weighted by molar-refractivity contribution is 6.33. The third kappa shape index (κ3) is 4.12. The fourth-order valence-corrected chi connectivity index (χ4v) is 2.82. The zero-order chi connectivity index (χ0) is 15.9. The van der Waals surface area contributed by atoms with E-state index >= 15 is 0 Å². The van der Waals surface area contributed by atoms with Gasteiger partial charge in [-0.05, 0) is 25.0 Å². The molecule has 1 aromatic rings. The van der Waals surface area contributed by atoms with Crippen molar-refractivity contribution in [3.05, 3.63) is 28.8 Å². The molecule has 0 unspecified atom stereocenters. The fraction of sp³-hybridized carbons (Fsp3) is 0.500. The Labute approximate surface area is 135 Å². The van der Waals surface area contributed by atoms with E-state index in [0.29, 0.717) is 42.4 Å². The standard InChI is InChI=1S/C16H20ClN3O2/c1-22-10-7-15(21)20-8-5-13(6-9-20)19-16-12(11-18)3-2-4-14(16)17/h2-4,13,19H,5-10H2,1H3. The van der Waals surface area contributed by atoms with Crippen LogP contribution in [0.4, 0.5) is 5.69 Å². The summed E-state index contributed by atoms with van der Waals surface area (Å²) in [6, 6.07) is 7.66. The summed E-state index contributed by atoms with van der Waals surface area (Å²) in [7, 11) is 1.60. The number of hydrogen-bond donors (Lipinski definition) is 1. The van der Waals surface area contributed by atoms with Crippen LogP contribution in [0.15, 0.2) is 18.2 Å². The van der Waals surface area contributed by atoms with E-state index in [0.717, 1.165) is 12.8 Å². The zero-order valence-corrected chi connectivity index (χ0v) is 13.4. The summed E-state index contributed by atoms with van der Waals surface area (Å²) in [5.74, 6) is 0.135. The fourth-order valence-electron chi connectivity index (χ4n) is 2.59. The minimum absolute atomic E-state index is 0.135. The number of rotatable bonds is 5. The maximum Gasteiger partial charge on any atom is 0.224 e. The normalized spacial score (nSPS) is 15.4. The molecule has 118 valence electrons. The molecule has 0 atom stereocenters. The first-order chi connectivity index (χ1) is 10.7. The van der Waals surface area contributed by atoms with Crippen molar-refractivity contribution >= 4 is 23.2 Å². The van der Waals surface area contributed by atoms with E-state index in [-0.39, 0.29) is 11.9 Å². The Kier molecular flexibility index (Phi) is 6.05. The van der Waals surface area contributed by atoms with Crippen LogP contribution < -0.4 is 5.32 Å². The van der Waals surface area contributed by atoms with Gasteiger partial charge >= 0.3 is 0 Å². The lowest BCUT2D eigenvalue weighted by Gasteiger charge is -2.33. The van der Waals surface area contributed by atoms with Crippen molar-refractivity contribution in [2.45, 2.75) is 25.3 Å². The van der Waals surface area contributed by atoms with Gasteiger partial charge in [0.15, 0.2) is 0 Å². The zero-order valence-electron chi connectivity index (χ0n) is 12.6. The Bertz CT molecular complexity index is 563. The minimum atomic E-state index is 0.135. The molecule has 1 aromatic carbocycles. The lowest BCUT2D eigenvalue weighted by Crippen LogP contribution is -2.42. The predicted molar refractivity (Wildman–Crippen MR) is 85.9 cm³/mol. The van der Waals surface area contributed by atoms with E-state index in [1.165, 1.54) is 0 Å². The number of halogens is 1. The lowest BCUT2D eigenvalue weighted by molar-refractivity contribution is -0.133. The molecule has 0 saturated carbocycles.